The summed E-state index contributed by atoms with van der Waals surface area (Å²) in [7, 11) is 3.77. The van der Waals surface area contributed by atoms with Gasteiger partial charge in [-0.2, -0.15) is 0 Å². The number of nitrogens with zero attached hydrogens (tertiary/aromatic N) is 5. The molecule has 1 saturated heterocycles. The highest BCUT2D eigenvalue weighted by molar-refractivity contribution is 5.81. The molecule has 1 aliphatic heterocycles. The zero-order chi connectivity index (χ0) is 21.8. The Balaban J connectivity index is 1.70. The molecule has 8 nitrogen and oxygen atoms in total. The number of aromatic nitrogens is 3. The molecule has 0 spiro atoms. The molecule has 1 atom stereocenters. The summed E-state index contributed by atoms with van der Waals surface area (Å²) in [4.78, 5) is 26.2. The first kappa shape index (κ1) is 21.0. The van der Waals surface area contributed by atoms with Crippen LogP contribution in [0.15, 0.2) is 47.1 Å². The molecule has 0 saturated carbocycles. The van der Waals surface area contributed by atoms with Crippen molar-refractivity contribution in [2.45, 2.75) is 39.0 Å². The van der Waals surface area contributed by atoms with E-state index in [1.807, 2.05) is 62.3 Å². The number of aryl methyl sites for hydroxylation is 1. The maximum absolute atomic E-state index is 13.3. The second-order valence-electron chi connectivity index (χ2n) is 7.94. The molecule has 0 aliphatic carbocycles. The summed E-state index contributed by atoms with van der Waals surface area (Å²) in [5, 5.41) is 4.00. The lowest BCUT2D eigenvalue weighted by molar-refractivity contribution is -0.142. The SMILES string of the molecule is Cc1cc(-c2cnc(N(C)C)nc2CN(Cc2ccccc2)C(=O)C2CCCO2)on1. The minimum absolute atomic E-state index is 0.0222. The highest BCUT2D eigenvalue weighted by atomic mass is 16.5. The number of ether oxygens (including phenoxy) is 1. The fourth-order valence-electron chi connectivity index (χ4n) is 3.61. The predicted octanol–water partition coefficient (Wildman–Crippen LogP) is 3.21. The van der Waals surface area contributed by atoms with Crippen molar-refractivity contribution in [1.29, 1.82) is 0 Å². The molecule has 8 heteroatoms. The summed E-state index contributed by atoms with van der Waals surface area (Å²) >= 11 is 0. The molecule has 2 aromatic heterocycles. The lowest BCUT2D eigenvalue weighted by atomic mass is 10.1. The molecule has 31 heavy (non-hydrogen) atoms. The second kappa shape index (κ2) is 9.26. The molecule has 0 bridgehead atoms. The van der Waals surface area contributed by atoms with E-state index in [0.717, 1.165) is 29.7 Å². The Morgan fingerprint density at radius 2 is 2.00 bits per heavy atom. The summed E-state index contributed by atoms with van der Waals surface area (Å²) in [6, 6.07) is 11.8. The number of hydrogen-bond acceptors (Lipinski definition) is 7. The molecule has 0 N–H and O–H groups in total. The molecule has 4 rings (SSSR count). The van der Waals surface area contributed by atoms with Gasteiger partial charge in [-0.15, -0.1) is 0 Å². The summed E-state index contributed by atoms with van der Waals surface area (Å²) < 4.78 is 11.2. The number of carbonyl (C=O) groups excluding carboxylic acids is 1. The van der Waals surface area contributed by atoms with Crippen molar-refractivity contribution in [3.8, 4) is 11.3 Å². The fourth-order valence-corrected chi connectivity index (χ4v) is 3.61. The van der Waals surface area contributed by atoms with E-state index in [1.165, 1.54) is 0 Å². The van der Waals surface area contributed by atoms with E-state index in [1.54, 1.807) is 11.1 Å². The van der Waals surface area contributed by atoms with Crippen molar-refractivity contribution in [1.82, 2.24) is 20.0 Å². The third kappa shape index (κ3) is 4.91. The van der Waals surface area contributed by atoms with Crippen LogP contribution < -0.4 is 4.90 Å². The molecule has 0 radical (unpaired) electrons. The Kier molecular flexibility index (Phi) is 6.27. The minimum atomic E-state index is -0.408. The monoisotopic (exact) mass is 421 g/mol. The van der Waals surface area contributed by atoms with Crippen molar-refractivity contribution < 1.29 is 14.1 Å². The first-order valence-corrected chi connectivity index (χ1v) is 10.4. The summed E-state index contributed by atoms with van der Waals surface area (Å²) in [6.07, 6.45) is 2.96. The molecule has 1 amide bonds. The highest BCUT2D eigenvalue weighted by Crippen LogP contribution is 2.27. The normalized spacial score (nSPS) is 15.8. The van der Waals surface area contributed by atoms with Gasteiger partial charge >= 0.3 is 0 Å². The van der Waals surface area contributed by atoms with Crippen molar-refractivity contribution in [2.75, 3.05) is 25.6 Å². The fraction of sp³-hybridized carbons (Fsp3) is 0.391. The van der Waals surface area contributed by atoms with Gasteiger partial charge in [0.2, 0.25) is 5.95 Å². The van der Waals surface area contributed by atoms with Crippen LogP contribution in [0.25, 0.3) is 11.3 Å². The highest BCUT2D eigenvalue weighted by Gasteiger charge is 2.29. The van der Waals surface area contributed by atoms with Gasteiger partial charge in [-0.3, -0.25) is 4.79 Å². The maximum Gasteiger partial charge on any atom is 0.252 e. The Morgan fingerprint density at radius 3 is 2.65 bits per heavy atom. The van der Waals surface area contributed by atoms with E-state index in [4.69, 9.17) is 14.2 Å². The van der Waals surface area contributed by atoms with Crippen LogP contribution in [0.1, 0.15) is 29.8 Å². The van der Waals surface area contributed by atoms with Gasteiger partial charge in [-0.25, -0.2) is 9.97 Å². The number of rotatable bonds is 7. The zero-order valence-corrected chi connectivity index (χ0v) is 18.1. The van der Waals surface area contributed by atoms with Crippen LogP contribution in [0.3, 0.4) is 0 Å². The number of benzene rings is 1. The number of hydrogen-bond donors (Lipinski definition) is 0. The Morgan fingerprint density at radius 1 is 1.19 bits per heavy atom. The van der Waals surface area contributed by atoms with Crippen LogP contribution in [0, 0.1) is 6.92 Å². The average molecular weight is 422 g/mol. The predicted molar refractivity (Wildman–Crippen MR) is 116 cm³/mol. The molecular formula is C23H27N5O3. The van der Waals surface area contributed by atoms with Gasteiger partial charge in [-0.1, -0.05) is 35.5 Å². The summed E-state index contributed by atoms with van der Waals surface area (Å²) in [5.41, 5.74) is 3.25. The smallest absolute Gasteiger partial charge is 0.252 e. The molecule has 162 valence electrons. The molecule has 1 unspecified atom stereocenters. The lowest BCUT2D eigenvalue weighted by Gasteiger charge is -2.26. The van der Waals surface area contributed by atoms with Crippen LogP contribution >= 0.6 is 0 Å². The minimum Gasteiger partial charge on any atom is -0.368 e. The van der Waals surface area contributed by atoms with Gasteiger partial charge in [0.15, 0.2) is 5.76 Å². The topological polar surface area (TPSA) is 84.6 Å². The van der Waals surface area contributed by atoms with Crippen molar-refractivity contribution in [2.24, 2.45) is 0 Å². The lowest BCUT2D eigenvalue weighted by Crippen LogP contribution is -2.38. The third-order valence-electron chi connectivity index (χ3n) is 5.22. The third-order valence-corrected chi connectivity index (χ3v) is 5.22. The molecule has 3 aromatic rings. The molecular weight excluding hydrogens is 394 g/mol. The van der Waals surface area contributed by atoms with E-state index in [-0.39, 0.29) is 5.91 Å². The number of anilines is 1. The standard InChI is InChI=1S/C23H27N5O3/c1-16-12-21(31-26-16)18-13-24-23(27(2)3)25-19(18)15-28(14-17-8-5-4-6-9-17)22(29)20-10-7-11-30-20/h4-6,8-9,12-13,20H,7,10-11,14-15H2,1-3H3. The second-order valence-corrected chi connectivity index (χ2v) is 7.94. The van der Waals surface area contributed by atoms with Gasteiger partial charge in [0, 0.05) is 39.5 Å². The van der Waals surface area contributed by atoms with Crippen molar-refractivity contribution in [3.63, 3.8) is 0 Å². The maximum atomic E-state index is 13.3. The Labute approximate surface area is 181 Å². The quantitative estimate of drug-likeness (QED) is 0.579. The van der Waals surface area contributed by atoms with Crippen molar-refractivity contribution in [3.05, 3.63) is 59.5 Å². The number of carbonyl (C=O) groups is 1. The Hall–Kier alpha value is -3.26. The van der Waals surface area contributed by atoms with Gasteiger partial charge < -0.3 is 19.1 Å². The van der Waals surface area contributed by atoms with Gasteiger partial charge in [0.05, 0.1) is 23.5 Å². The molecule has 3 heterocycles. The van der Waals surface area contributed by atoms with Gasteiger partial charge in [0.25, 0.3) is 5.91 Å². The first-order chi connectivity index (χ1) is 15.0. The largest absolute Gasteiger partial charge is 0.368 e. The average Bonchev–Trinajstić information content (AvgIpc) is 3.45. The molecule has 1 fully saturated rings. The van der Waals surface area contributed by atoms with Crippen molar-refractivity contribution >= 4 is 11.9 Å². The van der Waals surface area contributed by atoms with Crippen LogP contribution in [0.4, 0.5) is 5.95 Å². The summed E-state index contributed by atoms with van der Waals surface area (Å²) in [6.45, 7) is 3.27. The van der Waals surface area contributed by atoms with Crippen LogP contribution in [0.5, 0.6) is 0 Å². The van der Waals surface area contributed by atoms with Crippen LogP contribution in [0.2, 0.25) is 0 Å². The molecule has 1 aromatic carbocycles. The van der Waals surface area contributed by atoms with Crippen LogP contribution in [-0.2, 0) is 22.6 Å². The number of amides is 1. The van der Waals surface area contributed by atoms with Crippen LogP contribution in [-0.4, -0.2) is 52.7 Å². The van der Waals surface area contributed by atoms with E-state index in [9.17, 15) is 4.79 Å². The van der Waals surface area contributed by atoms with E-state index < -0.39 is 6.10 Å². The van der Waals surface area contributed by atoms with E-state index in [0.29, 0.717) is 37.1 Å². The zero-order valence-electron chi connectivity index (χ0n) is 18.1. The van der Waals surface area contributed by atoms with E-state index in [2.05, 4.69) is 10.1 Å². The van der Waals surface area contributed by atoms with Gasteiger partial charge in [0.1, 0.15) is 6.10 Å². The Bertz CT molecular complexity index is 1030. The summed E-state index contributed by atoms with van der Waals surface area (Å²) in [5.74, 6) is 1.13. The molecule has 1 aliphatic rings. The van der Waals surface area contributed by atoms with E-state index >= 15 is 0 Å². The first-order valence-electron chi connectivity index (χ1n) is 10.4. The van der Waals surface area contributed by atoms with Gasteiger partial charge in [-0.05, 0) is 25.3 Å².